The molecule has 2 rings (SSSR count). The summed E-state index contributed by atoms with van der Waals surface area (Å²) in [6.45, 7) is 4.67. The van der Waals surface area contributed by atoms with Gasteiger partial charge in [0.2, 0.25) is 0 Å². The van der Waals surface area contributed by atoms with Crippen molar-refractivity contribution in [2.45, 2.75) is 38.6 Å². The van der Waals surface area contributed by atoms with E-state index in [0.29, 0.717) is 11.5 Å². The topological polar surface area (TPSA) is 38.0 Å². The monoisotopic (exact) mass is 168 g/mol. The quantitative estimate of drug-likeness (QED) is 0.568. The number of nitrogens with two attached hydrogens (primary N) is 1. The van der Waals surface area contributed by atoms with Gasteiger partial charge >= 0.3 is 0 Å². The first-order chi connectivity index (χ1) is 5.75. The van der Waals surface area contributed by atoms with Gasteiger partial charge in [0, 0.05) is 6.04 Å². The van der Waals surface area contributed by atoms with Crippen LogP contribution in [0.2, 0.25) is 0 Å². The minimum Gasteiger partial charge on any atom is -0.327 e. The predicted molar refractivity (Wildman–Crippen MR) is 50.9 cm³/mol. The van der Waals surface area contributed by atoms with Crippen molar-refractivity contribution < 1.29 is 0 Å². The van der Waals surface area contributed by atoms with Gasteiger partial charge in [-0.2, -0.15) is 0 Å². The van der Waals surface area contributed by atoms with Crippen LogP contribution in [-0.2, 0) is 0 Å². The van der Waals surface area contributed by atoms with Crippen LogP contribution < -0.4 is 11.1 Å². The molecule has 1 spiro atoms. The van der Waals surface area contributed by atoms with Gasteiger partial charge in [-0.25, -0.2) is 0 Å². The summed E-state index contributed by atoms with van der Waals surface area (Å²) in [6, 6.07) is 0.472. The van der Waals surface area contributed by atoms with Crippen molar-refractivity contribution in [2.75, 3.05) is 13.1 Å². The summed E-state index contributed by atoms with van der Waals surface area (Å²) in [5, 5.41) is 3.42. The van der Waals surface area contributed by atoms with Gasteiger partial charge in [-0.15, -0.1) is 0 Å². The van der Waals surface area contributed by atoms with E-state index in [9.17, 15) is 0 Å². The van der Waals surface area contributed by atoms with E-state index in [1.165, 1.54) is 38.8 Å². The Balaban J connectivity index is 2.09. The third-order valence-corrected chi connectivity index (χ3v) is 4.02. The molecule has 2 heteroatoms. The van der Waals surface area contributed by atoms with Crippen LogP contribution >= 0.6 is 0 Å². The van der Waals surface area contributed by atoms with E-state index in [-0.39, 0.29) is 0 Å². The first-order valence-corrected chi connectivity index (χ1v) is 5.21. The summed E-state index contributed by atoms with van der Waals surface area (Å²) in [5.74, 6) is 0.753. The van der Waals surface area contributed by atoms with Gasteiger partial charge in [-0.05, 0) is 50.1 Å². The molecule has 2 fully saturated rings. The van der Waals surface area contributed by atoms with E-state index in [0.717, 1.165) is 5.92 Å². The Kier molecular flexibility index (Phi) is 2.13. The second-order valence-electron chi connectivity index (χ2n) is 4.65. The highest BCUT2D eigenvalue weighted by Crippen LogP contribution is 2.46. The average Bonchev–Trinajstić information content (AvgIpc) is 2.37. The van der Waals surface area contributed by atoms with Crippen LogP contribution in [0.25, 0.3) is 0 Å². The largest absolute Gasteiger partial charge is 0.327 e. The molecule has 0 aromatic rings. The molecule has 0 unspecified atom stereocenters. The number of hydrogen-bond acceptors (Lipinski definition) is 2. The fourth-order valence-corrected chi connectivity index (χ4v) is 2.97. The fraction of sp³-hybridized carbons (Fsp3) is 1.00. The molecule has 2 nitrogen and oxygen atoms in total. The zero-order chi connectivity index (χ0) is 8.60. The Bertz CT molecular complexity index is 156. The first-order valence-electron chi connectivity index (χ1n) is 5.21. The molecular weight excluding hydrogens is 148 g/mol. The number of nitrogens with one attached hydrogen (secondary N) is 1. The summed E-state index contributed by atoms with van der Waals surface area (Å²) in [5.41, 5.74) is 6.78. The van der Waals surface area contributed by atoms with Gasteiger partial charge in [-0.3, -0.25) is 0 Å². The van der Waals surface area contributed by atoms with Crippen molar-refractivity contribution in [3.8, 4) is 0 Å². The maximum Gasteiger partial charge on any atom is 0.0122 e. The zero-order valence-corrected chi connectivity index (χ0v) is 7.97. The zero-order valence-electron chi connectivity index (χ0n) is 7.97. The average molecular weight is 168 g/mol. The van der Waals surface area contributed by atoms with Crippen molar-refractivity contribution in [2.24, 2.45) is 17.1 Å². The second-order valence-corrected chi connectivity index (χ2v) is 4.65. The van der Waals surface area contributed by atoms with E-state index in [4.69, 9.17) is 5.73 Å². The van der Waals surface area contributed by atoms with E-state index in [2.05, 4.69) is 12.2 Å². The van der Waals surface area contributed by atoms with Crippen molar-refractivity contribution in [3.05, 3.63) is 0 Å². The lowest BCUT2D eigenvalue weighted by atomic mass is 9.74. The highest BCUT2D eigenvalue weighted by atomic mass is 14.9. The molecule has 12 heavy (non-hydrogen) atoms. The Morgan fingerprint density at radius 3 is 2.42 bits per heavy atom. The molecule has 2 aliphatic rings. The van der Waals surface area contributed by atoms with Crippen LogP contribution in [0.15, 0.2) is 0 Å². The van der Waals surface area contributed by atoms with Crippen LogP contribution in [-0.4, -0.2) is 19.1 Å². The fourth-order valence-electron chi connectivity index (χ4n) is 2.97. The van der Waals surface area contributed by atoms with E-state index >= 15 is 0 Å². The minimum absolute atomic E-state index is 0.472. The van der Waals surface area contributed by atoms with Crippen molar-refractivity contribution >= 4 is 0 Å². The molecule has 3 N–H and O–H groups in total. The maximum absolute atomic E-state index is 6.26. The molecule has 0 aromatic heterocycles. The molecule has 0 aromatic carbocycles. The Morgan fingerprint density at radius 2 is 1.92 bits per heavy atom. The summed E-state index contributed by atoms with van der Waals surface area (Å²) >= 11 is 0. The molecule has 2 atom stereocenters. The summed E-state index contributed by atoms with van der Waals surface area (Å²) in [7, 11) is 0. The molecule has 1 heterocycles. The van der Waals surface area contributed by atoms with Gasteiger partial charge in [0.15, 0.2) is 0 Å². The van der Waals surface area contributed by atoms with Crippen LogP contribution in [0.3, 0.4) is 0 Å². The molecule has 1 aliphatic carbocycles. The summed E-state index contributed by atoms with van der Waals surface area (Å²) in [4.78, 5) is 0. The lowest BCUT2D eigenvalue weighted by Crippen LogP contribution is -2.46. The molecule has 0 radical (unpaired) electrons. The van der Waals surface area contributed by atoms with Crippen LogP contribution in [0.5, 0.6) is 0 Å². The molecule has 1 saturated carbocycles. The van der Waals surface area contributed by atoms with Crippen LogP contribution in [0.1, 0.15) is 32.6 Å². The van der Waals surface area contributed by atoms with E-state index in [1.807, 2.05) is 0 Å². The van der Waals surface area contributed by atoms with E-state index in [1.54, 1.807) is 0 Å². The molecular formula is C10H20N2. The maximum atomic E-state index is 6.26. The van der Waals surface area contributed by atoms with Crippen molar-refractivity contribution in [1.82, 2.24) is 5.32 Å². The minimum atomic E-state index is 0.472. The smallest absolute Gasteiger partial charge is 0.0122 e. The summed E-state index contributed by atoms with van der Waals surface area (Å²) < 4.78 is 0. The SMILES string of the molecule is C[C@H]1CCC2(CCNCC2)[C@H]1N. The van der Waals surface area contributed by atoms with Gasteiger partial charge in [0.1, 0.15) is 0 Å². The Morgan fingerprint density at radius 1 is 1.25 bits per heavy atom. The Labute approximate surface area is 74.9 Å². The standard InChI is InChI=1S/C10H20N2/c1-8-2-3-10(9(8)11)4-6-12-7-5-10/h8-9,12H,2-7,11H2,1H3/t8-,9-/m0/s1. The molecule has 1 saturated heterocycles. The third kappa shape index (κ3) is 1.17. The first kappa shape index (κ1) is 8.52. The number of rotatable bonds is 0. The molecule has 70 valence electrons. The van der Waals surface area contributed by atoms with Crippen molar-refractivity contribution in [3.63, 3.8) is 0 Å². The highest BCUT2D eigenvalue weighted by Gasteiger charge is 2.44. The third-order valence-electron chi connectivity index (χ3n) is 4.02. The Hall–Kier alpha value is -0.0800. The van der Waals surface area contributed by atoms with Gasteiger partial charge < -0.3 is 11.1 Å². The van der Waals surface area contributed by atoms with E-state index < -0.39 is 0 Å². The highest BCUT2D eigenvalue weighted by molar-refractivity contribution is 5.00. The van der Waals surface area contributed by atoms with Crippen molar-refractivity contribution in [1.29, 1.82) is 0 Å². The van der Waals surface area contributed by atoms with Crippen LogP contribution in [0.4, 0.5) is 0 Å². The predicted octanol–water partition coefficient (Wildman–Crippen LogP) is 1.11. The lowest BCUT2D eigenvalue weighted by molar-refractivity contribution is 0.173. The number of hydrogen-bond donors (Lipinski definition) is 2. The number of piperidine rings is 1. The van der Waals surface area contributed by atoms with Crippen LogP contribution in [0, 0.1) is 11.3 Å². The van der Waals surface area contributed by atoms with Gasteiger partial charge in [0.25, 0.3) is 0 Å². The van der Waals surface area contributed by atoms with Gasteiger partial charge in [0.05, 0.1) is 0 Å². The molecule has 0 bridgehead atoms. The molecule has 1 aliphatic heterocycles. The molecule has 0 amide bonds. The normalized spacial score (nSPS) is 40.5. The van der Waals surface area contributed by atoms with Gasteiger partial charge in [-0.1, -0.05) is 6.92 Å². The summed E-state index contributed by atoms with van der Waals surface area (Å²) in [6.07, 6.45) is 5.33. The second kappa shape index (κ2) is 3.00. The lowest BCUT2D eigenvalue weighted by Gasteiger charge is -2.38.